The van der Waals surface area contributed by atoms with Crippen molar-refractivity contribution in [3.05, 3.63) is 12.2 Å². The van der Waals surface area contributed by atoms with Crippen LogP contribution in [0, 0.1) is 0 Å². The van der Waals surface area contributed by atoms with Gasteiger partial charge in [-0.25, -0.2) is 0 Å². The summed E-state index contributed by atoms with van der Waals surface area (Å²) >= 11 is 0. The van der Waals surface area contributed by atoms with Gasteiger partial charge >= 0.3 is 0 Å². The van der Waals surface area contributed by atoms with Gasteiger partial charge in [0.25, 0.3) is 0 Å². The van der Waals surface area contributed by atoms with E-state index >= 15 is 0 Å². The predicted octanol–water partition coefficient (Wildman–Crippen LogP) is 6.44. The smallest absolute Gasteiger partial charge is 0.173 e. The lowest BCUT2D eigenvalue weighted by molar-refractivity contribution is 0.546. The third-order valence-corrected chi connectivity index (χ3v) is 15.5. The maximum atomic E-state index is 6.38. The largest absolute Gasteiger partial charge is 0.456 e. The molecule has 0 saturated carbocycles. The fourth-order valence-electron chi connectivity index (χ4n) is 2.86. The molecule has 0 fully saturated rings. The summed E-state index contributed by atoms with van der Waals surface area (Å²) in [6, 6.07) is 2.47. The Balaban J connectivity index is 4.07. The van der Waals surface area contributed by atoms with Gasteiger partial charge < -0.3 is 8.23 Å². The molecule has 0 spiro atoms. The summed E-state index contributed by atoms with van der Waals surface area (Å²) in [7, 11) is -5.71. The quantitative estimate of drug-likeness (QED) is 0.323. The summed E-state index contributed by atoms with van der Waals surface area (Å²) in [5, 5.41) is 0. The van der Waals surface area contributed by atoms with Crippen LogP contribution in [0.25, 0.3) is 0 Å². The molecule has 0 atom stereocenters. The number of allylic oxidation sites excluding steroid dienone is 2. The van der Waals surface area contributed by atoms with E-state index in [1.807, 2.05) is 0 Å². The van der Waals surface area contributed by atoms with Gasteiger partial charge in [-0.2, -0.15) is 0 Å². The first-order valence-electron chi connectivity index (χ1n) is 8.67. The average Bonchev–Trinajstić information content (AvgIpc) is 2.15. The molecular formula is C16H40O2Si4. The molecule has 0 heterocycles. The molecule has 22 heavy (non-hydrogen) atoms. The van der Waals surface area contributed by atoms with E-state index in [4.69, 9.17) is 8.23 Å². The van der Waals surface area contributed by atoms with E-state index in [0.717, 1.165) is 0 Å². The number of hydrogen-bond acceptors (Lipinski definition) is 2. The Morgan fingerprint density at radius 2 is 0.818 bits per heavy atom. The molecule has 0 aromatic carbocycles. The molecule has 0 unspecified atom stereocenters. The van der Waals surface area contributed by atoms with Crippen molar-refractivity contribution in [3.8, 4) is 0 Å². The van der Waals surface area contributed by atoms with E-state index in [-0.39, 0.29) is 0 Å². The fourth-order valence-corrected chi connectivity index (χ4v) is 18.7. The summed E-state index contributed by atoms with van der Waals surface area (Å²) in [5.41, 5.74) is 0. The van der Waals surface area contributed by atoms with Crippen LogP contribution < -0.4 is 0 Å². The summed E-state index contributed by atoms with van der Waals surface area (Å²) in [6.45, 7) is 23.2. The molecule has 132 valence electrons. The van der Waals surface area contributed by atoms with E-state index in [2.05, 4.69) is 77.6 Å². The summed E-state index contributed by atoms with van der Waals surface area (Å²) in [4.78, 5) is 0. The number of hydrogen-bond donors (Lipinski definition) is 0. The molecule has 0 N–H and O–H groups in total. The zero-order valence-corrected chi connectivity index (χ0v) is 20.8. The highest BCUT2D eigenvalue weighted by Crippen LogP contribution is 2.22. The summed E-state index contributed by atoms with van der Waals surface area (Å²) in [6.07, 6.45) is 7.06. The minimum Gasteiger partial charge on any atom is -0.456 e. The molecule has 0 radical (unpaired) electrons. The summed E-state index contributed by atoms with van der Waals surface area (Å²) in [5.74, 6) is 0. The van der Waals surface area contributed by atoms with E-state index in [9.17, 15) is 0 Å². The van der Waals surface area contributed by atoms with Crippen molar-refractivity contribution in [2.75, 3.05) is 0 Å². The van der Waals surface area contributed by atoms with Gasteiger partial charge in [0.05, 0.1) is 0 Å². The van der Waals surface area contributed by atoms with Crippen molar-refractivity contribution in [2.45, 2.75) is 90.4 Å². The fraction of sp³-hybridized carbons (Fsp3) is 0.875. The Hall–Kier alpha value is 0.528. The lowest BCUT2D eigenvalue weighted by atomic mass is 10.3. The minimum atomic E-state index is -1.47. The van der Waals surface area contributed by atoms with E-state index in [0.29, 0.717) is 0 Å². The maximum absolute atomic E-state index is 6.38. The van der Waals surface area contributed by atoms with E-state index < -0.39 is 33.3 Å². The normalized spacial score (nSPS) is 14.8. The highest BCUT2D eigenvalue weighted by Gasteiger charge is 2.29. The van der Waals surface area contributed by atoms with Crippen LogP contribution in [0.15, 0.2) is 12.2 Å². The first-order valence-corrected chi connectivity index (χ1v) is 21.7. The van der Waals surface area contributed by atoms with E-state index in [1.165, 1.54) is 24.9 Å². The second-order valence-electron chi connectivity index (χ2n) is 9.50. The van der Waals surface area contributed by atoms with Crippen LogP contribution in [0.3, 0.4) is 0 Å². The highest BCUT2D eigenvalue weighted by molar-refractivity contribution is 6.84. The zero-order chi connectivity index (χ0) is 17.7. The first-order chi connectivity index (χ1) is 9.62. The van der Waals surface area contributed by atoms with Crippen molar-refractivity contribution >= 4 is 33.3 Å². The van der Waals surface area contributed by atoms with Crippen LogP contribution in [0.5, 0.6) is 0 Å². The molecule has 0 amide bonds. The second-order valence-corrected chi connectivity index (χ2v) is 27.6. The van der Waals surface area contributed by atoms with Crippen molar-refractivity contribution in [2.24, 2.45) is 0 Å². The molecule has 0 aliphatic rings. The molecule has 2 nitrogen and oxygen atoms in total. The second kappa shape index (κ2) is 8.57. The zero-order valence-electron chi connectivity index (χ0n) is 16.8. The van der Waals surface area contributed by atoms with Gasteiger partial charge in [-0.15, -0.1) is 0 Å². The van der Waals surface area contributed by atoms with Gasteiger partial charge in [0.2, 0.25) is 0 Å². The van der Waals surface area contributed by atoms with Crippen LogP contribution in [0.4, 0.5) is 0 Å². The van der Waals surface area contributed by atoms with Crippen LogP contribution in [0.2, 0.25) is 77.6 Å². The Labute approximate surface area is 144 Å². The van der Waals surface area contributed by atoms with E-state index in [1.54, 1.807) is 0 Å². The lowest BCUT2D eigenvalue weighted by Gasteiger charge is -2.31. The standard InChI is InChI=1S/C16H40O2Si4/c1-19(2,3)17-21(7,8)15-13-11-12-14-16-22(9,10)18-20(4,5)6/h11-12H,13-16H2,1-10H3/b12-11+. The van der Waals surface area contributed by atoms with Crippen molar-refractivity contribution in [1.82, 2.24) is 0 Å². The summed E-state index contributed by atoms with van der Waals surface area (Å²) < 4.78 is 12.8. The number of rotatable bonds is 10. The van der Waals surface area contributed by atoms with Gasteiger partial charge in [-0.1, -0.05) is 12.2 Å². The van der Waals surface area contributed by atoms with Crippen LogP contribution in [0.1, 0.15) is 12.8 Å². The molecule has 0 rings (SSSR count). The topological polar surface area (TPSA) is 18.5 Å². The van der Waals surface area contributed by atoms with Crippen LogP contribution in [-0.2, 0) is 8.23 Å². The molecule has 0 aliphatic carbocycles. The molecule has 0 bridgehead atoms. The third-order valence-electron chi connectivity index (χ3n) is 3.16. The maximum Gasteiger partial charge on any atom is 0.173 e. The van der Waals surface area contributed by atoms with Crippen molar-refractivity contribution < 1.29 is 8.23 Å². The molecule has 0 aromatic rings. The first kappa shape index (κ1) is 22.5. The van der Waals surface area contributed by atoms with Gasteiger partial charge in [0, 0.05) is 0 Å². The van der Waals surface area contributed by atoms with Gasteiger partial charge in [-0.05, 0) is 90.4 Å². The third kappa shape index (κ3) is 14.1. The van der Waals surface area contributed by atoms with Crippen LogP contribution in [-0.4, -0.2) is 33.3 Å². The Morgan fingerprint density at radius 1 is 0.545 bits per heavy atom. The monoisotopic (exact) mass is 376 g/mol. The Kier molecular flexibility index (Phi) is 8.78. The molecule has 0 saturated heterocycles. The molecule has 6 heteroatoms. The van der Waals surface area contributed by atoms with Crippen molar-refractivity contribution in [1.29, 1.82) is 0 Å². The van der Waals surface area contributed by atoms with Gasteiger partial charge in [0.1, 0.15) is 0 Å². The SMILES string of the molecule is C[Si](C)(C)O[Si](C)(C)CC/C=C/CC[Si](C)(C)O[Si](C)(C)C. The average molecular weight is 377 g/mol. The van der Waals surface area contributed by atoms with Gasteiger partial charge in [0.15, 0.2) is 33.3 Å². The Morgan fingerprint density at radius 3 is 1.05 bits per heavy atom. The molecular weight excluding hydrogens is 337 g/mol. The molecule has 0 aliphatic heterocycles. The Bertz CT molecular complexity index is 318. The van der Waals surface area contributed by atoms with Crippen molar-refractivity contribution in [3.63, 3.8) is 0 Å². The minimum absolute atomic E-state index is 1.17. The van der Waals surface area contributed by atoms with Gasteiger partial charge in [-0.3, -0.25) is 0 Å². The van der Waals surface area contributed by atoms with Crippen LogP contribution >= 0.6 is 0 Å². The molecule has 0 aromatic heterocycles. The predicted molar refractivity (Wildman–Crippen MR) is 112 cm³/mol. The lowest BCUT2D eigenvalue weighted by Crippen LogP contribution is -2.42. The highest BCUT2D eigenvalue weighted by atomic mass is 28.4.